The zero-order chi connectivity index (χ0) is 17.4. The van der Waals surface area contributed by atoms with Gasteiger partial charge in [0.15, 0.2) is 11.1 Å². The van der Waals surface area contributed by atoms with E-state index in [0.717, 1.165) is 0 Å². The Balaban J connectivity index is 2.02. The van der Waals surface area contributed by atoms with Crippen LogP contribution in [-0.2, 0) is 0 Å². The number of benzene rings is 2. The molecule has 2 aromatic carbocycles. The summed E-state index contributed by atoms with van der Waals surface area (Å²) in [5, 5.41) is 11.3. The Morgan fingerprint density at radius 2 is 1.52 bits per heavy atom. The SMILES string of the molecule is O=C(c1ccccc1)c1c(Br)/c(=C(\O)c2ccccc2)n2ccc[n+]12. The monoisotopic (exact) mass is 393 g/mol. The van der Waals surface area contributed by atoms with E-state index in [-0.39, 0.29) is 11.5 Å². The van der Waals surface area contributed by atoms with Crippen molar-refractivity contribution in [2.75, 3.05) is 0 Å². The Hall–Kier alpha value is -2.92. The van der Waals surface area contributed by atoms with Crippen LogP contribution in [0.4, 0.5) is 0 Å². The van der Waals surface area contributed by atoms with Crippen molar-refractivity contribution in [2.24, 2.45) is 0 Å². The molecule has 2 aromatic heterocycles. The van der Waals surface area contributed by atoms with E-state index >= 15 is 0 Å². The lowest BCUT2D eigenvalue weighted by atomic mass is 10.1. The molecular formula is C20H14BrN2O2+. The molecule has 2 heterocycles. The number of rotatable bonds is 3. The molecule has 4 rings (SSSR count). The van der Waals surface area contributed by atoms with Crippen molar-refractivity contribution in [2.45, 2.75) is 0 Å². The molecule has 0 bridgehead atoms. The minimum atomic E-state index is -0.117. The Bertz CT molecular complexity index is 1120. The quantitative estimate of drug-likeness (QED) is 0.429. The van der Waals surface area contributed by atoms with Gasteiger partial charge in [-0.25, -0.2) is 0 Å². The number of aliphatic hydroxyl groups is 1. The highest BCUT2D eigenvalue weighted by Gasteiger charge is 2.30. The molecule has 1 N–H and O–H groups in total. The van der Waals surface area contributed by atoms with Gasteiger partial charge in [0.1, 0.15) is 4.47 Å². The van der Waals surface area contributed by atoms with Crippen LogP contribution in [0.25, 0.3) is 5.76 Å². The molecule has 0 amide bonds. The van der Waals surface area contributed by atoms with Gasteiger partial charge in [0.2, 0.25) is 6.20 Å². The minimum Gasteiger partial charge on any atom is -0.505 e. The maximum atomic E-state index is 13.0. The highest BCUT2D eigenvalue weighted by Crippen LogP contribution is 2.16. The smallest absolute Gasteiger partial charge is 0.300 e. The number of fused-ring (bicyclic) bond motifs is 1. The van der Waals surface area contributed by atoms with Crippen molar-refractivity contribution < 1.29 is 14.4 Å². The summed E-state index contributed by atoms with van der Waals surface area (Å²) >= 11 is 3.53. The van der Waals surface area contributed by atoms with E-state index in [0.29, 0.717) is 26.6 Å². The van der Waals surface area contributed by atoms with Crippen molar-refractivity contribution in [3.63, 3.8) is 0 Å². The molecule has 4 aromatic rings. The van der Waals surface area contributed by atoms with Crippen LogP contribution in [0, 0.1) is 0 Å². The van der Waals surface area contributed by atoms with Gasteiger partial charge >= 0.3 is 0 Å². The van der Waals surface area contributed by atoms with Crippen LogP contribution in [0.1, 0.15) is 21.6 Å². The molecule has 0 spiro atoms. The van der Waals surface area contributed by atoms with E-state index in [1.54, 1.807) is 33.6 Å². The second-order valence-corrected chi connectivity index (χ2v) is 6.39. The van der Waals surface area contributed by atoms with Crippen LogP contribution >= 0.6 is 15.9 Å². The van der Waals surface area contributed by atoms with E-state index < -0.39 is 0 Å². The fourth-order valence-corrected chi connectivity index (χ4v) is 3.63. The number of hydrogen-bond acceptors (Lipinski definition) is 2. The zero-order valence-electron chi connectivity index (χ0n) is 13.1. The fraction of sp³-hybridized carbons (Fsp3) is 0. The van der Waals surface area contributed by atoms with Gasteiger partial charge < -0.3 is 5.11 Å². The molecule has 0 unspecified atom stereocenters. The van der Waals surface area contributed by atoms with Crippen LogP contribution in [0.15, 0.2) is 83.6 Å². The van der Waals surface area contributed by atoms with Crippen molar-refractivity contribution >= 4 is 27.5 Å². The molecule has 0 fully saturated rings. The summed E-state index contributed by atoms with van der Waals surface area (Å²) in [6.07, 6.45) is 3.60. The molecule has 0 saturated carbocycles. The number of carbonyl (C=O) groups is 1. The van der Waals surface area contributed by atoms with Gasteiger partial charge in [-0.3, -0.25) is 4.79 Å². The molecule has 0 aliphatic rings. The van der Waals surface area contributed by atoms with Gasteiger partial charge in [-0.2, -0.15) is 0 Å². The van der Waals surface area contributed by atoms with Crippen LogP contribution < -0.4 is 9.86 Å². The summed E-state index contributed by atoms with van der Waals surface area (Å²) in [4.78, 5) is 13.0. The van der Waals surface area contributed by atoms with E-state index in [9.17, 15) is 9.90 Å². The van der Waals surface area contributed by atoms with Crippen molar-refractivity contribution in [1.29, 1.82) is 0 Å². The topological polar surface area (TPSA) is 45.8 Å². The van der Waals surface area contributed by atoms with Crippen LogP contribution in [0.5, 0.6) is 0 Å². The van der Waals surface area contributed by atoms with Crippen LogP contribution in [0.3, 0.4) is 0 Å². The highest BCUT2D eigenvalue weighted by atomic mass is 79.9. The number of ketones is 1. The van der Waals surface area contributed by atoms with Crippen LogP contribution in [0.2, 0.25) is 0 Å². The lowest BCUT2D eigenvalue weighted by molar-refractivity contribution is -0.615. The summed E-state index contributed by atoms with van der Waals surface area (Å²) < 4.78 is 4.04. The number of aromatic nitrogens is 2. The maximum Gasteiger partial charge on any atom is 0.300 e. The molecule has 0 aliphatic carbocycles. The van der Waals surface area contributed by atoms with Gasteiger partial charge in [-0.1, -0.05) is 65.2 Å². The molecule has 4 nitrogen and oxygen atoms in total. The second-order valence-electron chi connectivity index (χ2n) is 5.60. The molecule has 0 saturated heterocycles. The number of halogens is 1. The molecule has 0 radical (unpaired) electrons. The summed E-state index contributed by atoms with van der Waals surface area (Å²) in [6.45, 7) is 0. The molecule has 122 valence electrons. The van der Waals surface area contributed by atoms with Gasteiger partial charge in [0.05, 0.1) is 6.20 Å². The third-order valence-corrected chi connectivity index (χ3v) is 4.83. The van der Waals surface area contributed by atoms with E-state index in [2.05, 4.69) is 15.9 Å². The zero-order valence-corrected chi connectivity index (χ0v) is 14.7. The second kappa shape index (κ2) is 6.18. The number of hydrogen-bond donors (Lipinski definition) is 1. The fourth-order valence-electron chi connectivity index (χ4n) is 2.90. The average molecular weight is 394 g/mol. The first-order chi connectivity index (χ1) is 12.2. The number of aliphatic hydroxyl groups excluding tert-OH is 1. The third kappa shape index (κ3) is 2.53. The summed E-state index contributed by atoms with van der Waals surface area (Å²) in [5.41, 5.74) is 1.74. The number of nitrogens with zero attached hydrogens (tertiary/aromatic N) is 2. The molecular weight excluding hydrogens is 380 g/mol. The summed E-state index contributed by atoms with van der Waals surface area (Å²) in [5.74, 6) is -0.0124. The van der Waals surface area contributed by atoms with E-state index in [4.69, 9.17) is 0 Å². The van der Waals surface area contributed by atoms with E-state index in [1.165, 1.54) is 0 Å². The largest absolute Gasteiger partial charge is 0.505 e. The lowest BCUT2D eigenvalue weighted by Crippen LogP contribution is -2.34. The maximum absolute atomic E-state index is 13.0. The highest BCUT2D eigenvalue weighted by molar-refractivity contribution is 9.10. The molecule has 25 heavy (non-hydrogen) atoms. The van der Waals surface area contributed by atoms with Gasteiger partial charge in [0, 0.05) is 17.2 Å². The van der Waals surface area contributed by atoms with Crippen molar-refractivity contribution in [3.8, 4) is 0 Å². The van der Waals surface area contributed by atoms with Gasteiger partial charge in [0.25, 0.3) is 11.5 Å². The van der Waals surface area contributed by atoms with Crippen molar-refractivity contribution in [3.05, 3.63) is 106 Å². The molecule has 0 atom stereocenters. The summed E-state index contributed by atoms with van der Waals surface area (Å²) in [6, 6.07) is 20.2. The Kier molecular flexibility index (Phi) is 3.86. The first-order valence-corrected chi connectivity index (χ1v) is 8.56. The third-order valence-electron chi connectivity index (χ3n) is 4.08. The predicted octanol–water partition coefficient (Wildman–Crippen LogP) is 2.95. The lowest BCUT2D eigenvalue weighted by Gasteiger charge is -1.97. The number of carbonyl (C=O) groups excluding carboxylic acids is 1. The van der Waals surface area contributed by atoms with Gasteiger partial charge in [-0.05, 0) is 15.9 Å². The van der Waals surface area contributed by atoms with Gasteiger partial charge in [-0.15, -0.1) is 4.52 Å². The Morgan fingerprint density at radius 3 is 2.16 bits per heavy atom. The standard InChI is InChI=1S/C20H13BrN2O2/c21-16-17(19(24)14-8-3-1-4-9-14)22-12-7-13-23(22)18(16)20(25)15-10-5-2-6-11-15/h1-13H/p+1. The molecule has 5 heteroatoms. The Morgan fingerprint density at radius 1 is 0.920 bits per heavy atom. The molecule has 0 aliphatic heterocycles. The average Bonchev–Trinajstić information content (AvgIpc) is 3.22. The summed E-state index contributed by atoms with van der Waals surface area (Å²) in [7, 11) is 0. The van der Waals surface area contributed by atoms with Crippen molar-refractivity contribution in [1.82, 2.24) is 4.52 Å². The van der Waals surface area contributed by atoms with E-state index in [1.807, 2.05) is 54.6 Å². The Labute approximate surface area is 152 Å². The predicted molar refractivity (Wildman–Crippen MR) is 97.4 cm³/mol. The first kappa shape index (κ1) is 15.6. The first-order valence-electron chi connectivity index (χ1n) is 7.77. The normalized spacial score (nSPS) is 12.4. The van der Waals surface area contributed by atoms with Crippen LogP contribution in [-0.4, -0.2) is 15.4 Å². The minimum absolute atomic E-state index is 0.105.